The molecule has 1 saturated heterocycles. The number of carbonyl (C=O) groups is 2. The Balaban J connectivity index is 1.25. The van der Waals surface area contributed by atoms with Crippen LogP contribution in [0.1, 0.15) is 45.5 Å². The van der Waals surface area contributed by atoms with Crippen LogP contribution in [0.15, 0.2) is 67.1 Å². The molecule has 4 aromatic rings. The Hall–Kier alpha value is -4.53. The maximum absolute atomic E-state index is 12.8. The molecule has 0 spiro atoms. The number of nitrogens with zero attached hydrogens (tertiary/aromatic N) is 4. The second kappa shape index (κ2) is 10.4. The Kier molecular flexibility index (Phi) is 6.70. The summed E-state index contributed by atoms with van der Waals surface area (Å²) in [7, 11) is 0. The Morgan fingerprint density at radius 1 is 0.944 bits per heavy atom. The zero-order chi connectivity index (χ0) is 24.9. The Bertz CT molecular complexity index is 1400. The lowest BCUT2D eigenvalue weighted by atomic mass is 10.1. The average Bonchev–Trinajstić information content (AvgIpc) is 2.92. The van der Waals surface area contributed by atoms with Crippen LogP contribution in [0, 0.1) is 0 Å². The van der Waals surface area contributed by atoms with Gasteiger partial charge in [-0.25, -0.2) is 19.7 Å². The molecular formula is C27H26N6O3. The van der Waals surface area contributed by atoms with E-state index in [4.69, 9.17) is 0 Å². The third-order valence-corrected chi connectivity index (χ3v) is 6.23. The van der Waals surface area contributed by atoms with E-state index < -0.39 is 5.97 Å². The molecule has 3 N–H and O–H groups in total. The van der Waals surface area contributed by atoms with E-state index in [1.54, 1.807) is 18.3 Å². The first kappa shape index (κ1) is 23.2. The van der Waals surface area contributed by atoms with Crippen LogP contribution >= 0.6 is 0 Å². The summed E-state index contributed by atoms with van der Waals surface area (Å²) in [4.78, 5) is 39.4. The summed E-state index contributed by atoms with van der Waals surface area (Å²) in [5, 5.41) is 16.2. The van der Waals surface area contributed by atoms with Crippen LogP contribution in [0.4, 0.5) is 17.3 Å². The van der Waals surface area contributed by atoms with Crippen LogP contribution in [-0.2, 0) is 6.54 Å². The molecule has 36 heavy (non-hydrogen) atoms. The van der Waals surface area contributed by atoms with E-state index in [0.29, 0.717) is 34.5 Å². The largest absolute Gasteiger partial charge is 0.478 e. The van der Waals surface area contributed by atoms with E-state index in [1.165, 1.54) is 31.7 Å². The molecule has 1 fully saturated rings. The summed E-state index contributed by atoms with van der Waals surface area (Å²) in [6.45, 7) is 2.44. The van der Waals surface area contributed by atoms with Crippen LogP contribution in [-0.4, -0.2) is 45.0 Å². The number of hydrogen-bond donors (Lipinski definition) is 3. The van der Waals surface area contributed by atoms with Crippen LogP contribution in [0.5, 0.6) is 0 Å². The van der Waals surface area contributed by atoms with Crippen molar-refractivity contribution in [2.24, 2.45) is 0 Å². The van der Waals surface area contributed by atoms with Gasteiger partial charge in [0.1, 0.15) is 18.0 Å². The number of nitrogens with one attached hydrogen (secondary N) is 2. The second-order valence-electron chi connectivity index (χ2n) is 8.69. The molecule has 5 rings (SSSR count). The zero-order valence-electron chi connectivity index (χ0n) is 19.6. The molecule has 1 aliphatic rings. The highest BCUT2D eigenvalue weighted by atomic mass is 16.4. The first-order chi connectivity index (χ1) is 17.6. The highest BCUT2D eigenvalue weighted by molar-refractivity contribution is 6.05. The maximum Gasteiger partial charge on any atom is 0.337 e. The van der Waals surface area contributed by atoms with Crippen molar-refractivity contribution in [3.63, 3.8) is 0 Å². The van der Waals surface area contributed by atoms with Crippen molar-refractivity contribution in [1.29, 1.82) is 0 Å². The molecule has 0 saturated carbocycles. The van der Waals surface area contributed by atoms with E-state index in [-0.39, 0.29) is 11.5 Å². The summed E-state index contributed by atoms with van der Waals surface area (Å²) in [6, 6.07) is 16.2. The highest BCUT2D eigenvalue weighted by Gasteiger charge is 2.14. The number of benzene rings is 2. The molecule has 0 aliphatic carbocycles. The van der Waals surface area contributed by atoms with Crippen LogP contribution in [0.25, 0.3) is 10.9 Å². The number of rotatable bonds is 7. The van der Waals surface area contributed by atoms with Crippen molar-refractivity contribution < 1.29 is 14.7 Å². The van der Waals surface area contributed by atoms with E-state index in [9.17, 15) is 14.7 Å². The minimum Gasteiger partial charge on any atom is -0.478 e. The number of aromatic nitrogens is 3. The normalized spacial score (nSPS) is 13.4. The predicted octanol–water partition coefficient (Wildman–Crippen LogP) is 4.58. The third-order valence-electron chi connectivity index (χ3n) is 6.23. The van der Waals surface area contributed by atoms with Crippen LogP contribution in [0.2, 0.25) is 0 Å². The molecule has 0 atom stereocenters. The van der Waals surface area contributed by atoms with Crippen molar-refractivity contribution in [1.82, 2.24) is 15.0 Å². The van der Waals surface area contributed by atoms with Gasteiger partial charge in [-0.05, 0) is 61.2 Å². The number of hydrogen-bond acceptors (Lipinski definition) is 7. The summed E-state index contributed by atoms with van der Waals surface area (Å²) >= 11 is 0. The summed E-state index contributed by atoms with van der Waals surface area (Å²) in [5.74, 6) is 0.190. The lowest BCUT2D eigenvalue weighted by Gasteiger charge is -2.27. The highest BCUT2D eigenvalue weighted by Crippen LogP contribution is 2.23. The van der Waals surface area contributed by atoms with Gasteiger partial charge in [0.05, 0.1) is 16.6 Å². The number of pyridine rings is 1. The number of amides is 1. The van der Waals surface area contributed by atoms with Crippen molar-refractivity contribution in [2.75, 3.05) is 28.6 Å². The molecular weight excluding hydrogens is 456 g/mol. The molecule has 0 unspecified atom stereocenters. The van der Waals surface area contributed by atoms with Crippen LogP contribution in [0.3, 0.4) is 0 Å². The van der Waals surface area contributed by atoms with Gasteiger partial charge in [-0.15, -0.1) is 0 Å². The molecule has 1 amide bonds. The lowest BCUT2D eigenvalue weighted by molar-refractivity contribution is 0.0698. The topological polar surface area (TPSA) is 120 Å². The SMILES string of the molecule is O=C(Nc1cccc(CNc2ncnc3c(C(=O)O)cccc23)c1)c1ccc(N2CCCCC2)nc1. The molecule has 0 radical (unpaired) electrons. The Morgan fingerprint density at radius 3 is 2.56 bits per heavy atom. The molecule has 9 heteroatoms. The average molecular weight is 483 g/mol. The summed E-state index contributed by atoms with van der Waals surface area (Å²) in [5.41, 5.74) is 2.60. The van der Waals surface area contributed by atoms with Gasteiger partial charge >= 0.3 is 5.97 Å². The van der Waals surface area contributed by atoms with E-state index >= 15 is 0 Å². The van der Waals surface area contributed by atoms with Gasteiger partial charge in [0.25, 0.3) is 5.91 Å². The number of piperidine rings is 1. The molecule has 9 nitrogen and oxygen atoms in total. The van der Waals surface area contributed by atoms with Gasteiger partial charge < -0.3 is 20.6 Å². The van der Waals surface area contributed by atoms with Gasteiger partial charge in [-0.3, -0.25) is 4.79 Å². The second-order valence-corrected chi connectivity index (χ2v) is 8.69. The lowest BCUT2D eigenvalue weighted by Crippen LogP contribution is -2.30. The third kappa shape index (κ3) is 5.10. The number of fused-ring (bicyclic) bond motifs is 1. The number of carboxylic acid groups (broad SMARTS) is 1. The van der Waals surface area contributed by atoms with Gasteiger partial charge in [0.2, 0.25) is 0 Å². The minimum absolute atomic E-state index is 0.126. The first-order valence-corrected chi connectivity index (χ1v) is 11.9. The monoisotopic (exact) mass is 482 g/mol. The number of para-hydroxylation sites is 1. The molecule has 3 heterocycles. The van der Waals surface area contributed by atoms with Gasteiger partial charge in [0.15, 0.2) is 0 Å². The fourth-order valence-electron chi connectivity index (χ4n) is 4.38. The van der Waals surface area contributed by atoms with Gasteiger partial charge in [-0.1, -0.05) is 18.2 Å². The number of carbonyl (C=O) groups excluding carboxylic acids is 1. The summed E-state index contributed by atoms with van der Waals surface area (Å²) < 4.78 is 0. The Morgan fingerprint density at radius 2 is 1.78 bits per heavy atom. The van der Waals surface area contributed by atoms with Crippen molar-refractivity contribution in [3.05, 3.63) is 83.8 Å². The zero-order valence-corrected chi connectivity index (χ0v) is 19.6. The number of aromatic carboxylic acids is 1. The standard InChI is InChI=1S/C27H26N6O3/c34-26(19-10-11-23(28-16-19)33-12-2-1-3-13-33)32-20-7-4-6-18(14-20)15-29-25-21-8-5-9-22(27(35)36)24(21)30-17-31-25/h4-11,14,16-17H,1-3,12-13,15H2,(H,32,34)(H,35,36)(H,29,30,31). The maximum atomic E-state index is 12.8. The molecule has 1 aliphatic heterocycles. The van der Waals surface area contributed by atoms with Crippen LogP contribution < -0.4 is 15.5 Å². The van der Waals surface area contributed by atoms with E-state index in [2.05, 4.69) is 30.5 Å². The van der Waals surface area contributed by atoms with Gasteiger partial charge in [0, 0.05) is 36.9 Å². The van der Waals surface area contributed by atoms with E-state index in [1.807, 2.05) is 36.4 Å². The number of anilines is 3. The molecule has 0 bridgehead atoms. The summed E-state index contributed by atoms with van der Waals surface area (Å²) in [6.07, 6.45) is 6.57. The molecule has 2 aromatic heterocycles. The van der Waals surface area contributed by atoms with Crippen molar-refractivity contribution >= 4 is 40.1 Å². The smallest absolute Gasteiger partial charge is 0.337 e. The van der Waals surface area contributed by atoms with Crippen molar-refractivity contribution in [3.8, 4) is 0 Å². The fourth-order valence-corrected chi connectivity index (χ4v) is 4.38. The molecule has 182 valence electrons. The Labute approximate surface area is 208 Å². The minimum atomic E-state index is -1.04. The van der Waals surface area contributed by atoms with Gasteiger partial charge in [-0.2, -0.15) is 0 Å². The predicted molar refractivity (Wildman–Crippen MR) is 139 cm³/mol. The number of carboxylic acids is 1. The quantitative estimate of drug-likeness (QED) is 0.350. The van der Waals surface area contributed by atoms with E-state index in [0.717, 1.165) is 24.5 Å². The molecule has 2 aromatic carbocycles. The van der Waals surface area contributed by atoms with Crippen molar-refractivity contribution in [2.45, 2.75) is 25.8 Å². The first-order valence-electron chi connectivity index (χ1n) is 11.9. The fraction of sp³-hybridized carbons (Fsp3) is 0.222.